The van der Waals surface area contributed by atoms with E-state index in [1.54, 1.807) is 25.1 Å². The van der Waals surface area contributed by atoms with Crippen molar-refractivity contribution in [3.8, 4) is 17.1 Å². The van der Waals surface area contributed by atoms with E-state index in [0.717, 1.165) is 11.1 Å². The van der Waals surface area contributed by atoms with Gasteiger partial charge >= 0.3 is 0 Å². The van der Waals surface area contributed by atoms with Crippen LogP contribution in [0, 0.1) is 12.8 Å². The molecule has 1 aliphatic heterocycles. The standard InChI is InChI=1S/C39H52N8O7/c1-7-54-32-16-14-29(21-25(32)4)31(48)15-17-35(51)46-19-11-18-40-33(49)23-47-37(44-36(45-47)28-12-9-8-10-13-28)26(5)42-39(53)30(20-24(2)3)43-38(52)27(6)41-34(50)22-46/h8-10,12-14,16,21,24,26-27,30H,7,11,15,17-20,22-23H2,1-6H3,(H,40,49)(H,41,50)(H,42,53)(H,43,52)/t26-,27+,30+/m0/s1. The topological polar surface area (TPSA) is 194 Å². The van der Waals surface area contributed by atoms with Crippen molar-refractivity contribution in [2.75, 3.05) is 26.2 Å². The highest BCUT2D eigenvalue weighted by Crippen LogP contribution is 2.21. The first-order valence-corrected chi connectivity index (χ1v) is 18.5. The van der Waals surface area contributed by atoms with Crippen LogP contribution >= 0.6 is 0 Å². The van der Waals surface area contributed by atoms with Crippen molar-refractivity contribution >= 4 is 35.3 Å². The number of nitrogens with zero attached hydrogens (tertiary/aromatic N) is 4. The summed E-state index contributed by atoms with van der Waals surface area (Å²) < 4.78 is 7.00. The molecule has 5 amide bonds. The molecule has 2 aromatic carbocycles. The molecule has 4 N–H and O–H groups in total. The highest BCUT2D eigenvalue weighted by molar-refractivity contribution is 5.98. The smallest absolute Gasteiger partial charge is 0.243 e. The molecule has 0 bridgehead atoms. The third-order valence-corrected chi connectivity index (χ3v) is 8.86. The molecule has 3 atom stereocenters. The van der Waals surface area contributed by atoms with E-state index in [4.69, 9.17) is 4.74 Å². The second-order valence-electron chi connectivity index (χ2n) is 13.9. The Morgan fingerprint density at radius 2 is 1.65 bits per heavy atom. The third-order valence-electron chi connectivity index (χ3n) is 8.86. The van der Waals surface area contributed by atoms with E-state index in [-0.39, 0.29) is 56.6 Å². The molecule has 15 nitrogen and oxygen atoms in total. The van der Waals surface area contributed by atoms with Gasteiger partial charge in [-0.1, -0.05) is 44.2 Å². The first-order valence-electron chi connectivity index (χ1n) is 18.5. The van der Waals surface area contributed by atoms with Crippen LogP contribution in [0.2, 0.25) is 0 Å². The van der Waals surface area contributed by atoms with Crippen LogP contribution in [0.4, 0.5) is 0 Å². The van der Waals surface area contributed by atoms with Crippen LogP contribution < -0.4 is 26.0 Å². The van der Waals surface area contributed by atoms with E-state index in [1.807, 2.05) is 58.0 Å². The van der Waals surface area contributed by atoms with Gasteiger partial charge in [0.25, 0.3) is 0 Å². The summed E-state index contributed by atoms with van der Waals surface area (Å²) in [5, 5.41) is 15.7. The molecule has 54 heavy (non-hydrogen) atoms. The van der Waals surface area contributed by atoms with Gasteiger partial charge in [-0.25, -0.2) is 9.67 Å². The number of nitrogens with one attached hydrogen (secondary N) is 4. The number of rotatable bonds is 9. The maximum absolute atomic E-state index is 13.6. The number of amides is 5. The van der Waals surface area contributed by atoms with Crippen LogP contribution in [0.1, 0.15) is 88.1 Å². The number of benzene rings is 2. The number of carbonyl (C=O) groups is 6. The molecule has 2 heterocycles. The monoisotopic (exact) mass is 744 g/mol. The number of aromatic nitrogens is 3. The van der Waals surface area contributed by atoms with E-state index >= 15 is 0 Å². The quantitative estimate of drug-likeness (QED) is 0.239. The van der Waals surface area contributed by atoms with Gasteiger partial charge in [0.05, 0.1) is 19.2 Å². The first kappa shape index (κ1) is 41.2. The fraction of sp³-hybridized carbons (Fsp3) is 0.487. The van der Waals surface area contributed by atoms with Gasteiger partial charge in [0.15, 0.2) is 11.6 Å². The maximum Gasteiger partial charge on any atom is 0.243 e. The summed E-state index contributed by atoms with van der Waals surface area (Å²) in [5.74, 6) is -1.23. The summed E-state index contributed by atoms with van der Waals surface area (Å²) in [4.78, 5) is 85.8. The molecule has 0 saturated carbocycles. The molecule has 0 spiro atoms. The zero-order chi connectivity index (χ0) is 39.4. The van der Waals surface area contributed by atoms with Crippen molar-refractivity contribution < 1.29 is 33.5 Å². The molecule has 0 radical (unpaired) electrons. The van der Waals surface area contributed by atoms with Gasteiger partial charge in [-0.2, -0.15) is 5.10 Å². The van der Waals surface area contributed by atoms with Crippen molar-refractivity contribution in [1.29, 1.82) is 0 Å². The number of hydrogen-bond donors (Lipinski definition) is 4. The molecular formula is C39H52N8O7. The number of aryl methyl sites for hydroxylation is 1. The van der Waals surface area contributed by atoms with Crippen molar-refractivity contribution in [2.45, 2.75) is 91.9 Å². The highest BCUT2D eigenvalue weighted by atomic mass is 16.5. The predicted molar refractivity (Wildman–Crippen MR) is 201 cm³/mol. The third kappa shape index (κ3) is 11.7. The average molecular weight is 745 g/mol. The summed E-state index contributed by atoms with van der Waals surface area (Å²) in [6.07, 6.45) is 0.384. The number of fused-ring (bicyclic) bond motifs is 1. The van der Waals surface area contributed by atoms with Crippen LogP contribution in [0.25, 0.3) is 11.4 Å². The van der Waals surface area contributed by atoms with Gasteiger partial charge < -0.3 is 30.9 Å². The zero-order valence-corrected chi connectivity index (χ0v) is 31.9. The lowest BCUT2D eigenvalue weighted by Crippen LogP contribution is -2.54. The van der Waals surface area contributed by atoms with Gasteiger partial charge in [-0.3, -0.25) is 28.8 Å². The number of ketones is 1. The van der Waals surface area contributed by atoms with Gasteiger partial charge in [0.2, 0.25) is 29.5 Å². The van der Waals surface area contributed by atoms with Crippen molar-refractivity contribution in [1.82, 2.24) is 40.9 Å². The summed E-state index contributed by atoms with van der Waals surface area (Å²) in [6, 6.07) is 11.7. The van der Waals surface area contributed by atoms with E-state index in [0.29, 0.717) is 42.4 Å². The van der Waals surface area contributed by atoms with Crippen molar-refractivity contribution in [2.24, 2.45) is 5.92 Å². The summed E-state index contributed by atoms with van der Waals surface area (Å²) >= 11 is 0. The van der Waals surface area contributed by atoms with E-state index in [9.17, 15) is 28.8 Å². The van der Waals surface area contributed by atoms with E-state index in [1.165, 1.54) is 16.5 Å². The van der Waals surface area contributed by atoms with Crippen LogP contribution in [0.3, 0.4) is 0 Å². The van der Waals surface area contributed by atoms with E-state index < -0.39 is 41.8 Å². The second kappa shape index (κ2) is 19.5. The lowest BCUT2D eigenvalue weighted by molar-refractivity contribution is -0.137. The fourth-order valence-corrected chi connectivity index (χ4v) is 6.05. The largest absolute Gasteiger partial charge is 0.494 e. The molecule has 1 aromatic heterocycles. The predicted octanol–water partition coefficient (Wildman–Crippen LogP) is 2.88. The lowest BCUT2D eigenvalue weighted by atomic mass is 10.0. The van der Waals surface area contributed by atoms with Gasteiger partial charge in [-0.05, 0) is 70.2 Å². The van der Waals surface area contributed by atoms with Crippen LogP contribution in [0.5, 0.6) is 5.75 Å². The highest BCUT2D eigenvalue weighted by Gasteiger charge is 2.29. The van der Waals surface area contributed by atoms with Crippen molar-refractivity contribution in [3.05, 3.63) is 65.5 Å². The van der Waals surface area contributed by atoms with Gasteiger partial charge in [0.1, 0.15) is 30.2 Å². The summed E-state index contributed by atoms with van der Waals surface area (Å²) in [7, 11) is 0. The average Bonchev–Trinajstić information content (AvgIpc) is 3.55. The SMILES string of the molecule is CCOc1ccc(C(=O)CCC(=O)N2CCCNC(=O)Cn3nc(-c4ccccc4)nc3[C@H](C)NC(=O)[C@@H](CC(C)C)NC(=O)[C@@H](C)NC(=O)C2)cc1C. The van der Waals surface area contributed by atoms with Crippen LogP contribution in [0.15, 0.2) is 48.5 Å². The molecule has 0 saturated heterocycles. The Kier molecular flexibility index (Phi) is 14.8. The number of carbonyl (C=O) groups excluding carboxylic acids is 6. The number of ether oxygens (including phenoxy) is 1. The first-order chi connectivity index (χ1) is 25.7. The lowest BCUT2D eigenvalue weighted by Gasteiger charge is -2.25. The minimum atomic E-state index is -1.03. The maximum atomic E-state index is 13.6. The molecule has 0 aliphatic carbocycles. The van der Waals surface area contributed by atoms with Gasteiger partial charge in [-0.15, -0.1) is 0 Å². The Balaban J connectivity index is 1.54. The molecule has 0 fully saturated rings. The fourth-order valence-electron chi connectivity index (χ4n) is 6.05. The minimum absolute atomic E-state index is 0.0322. The summed E-state index contributed by atoms with van der Waals surface area (Å²) in [6.45, 7) is 11.0. The Bertz CT molecular complexity index is 1810. The molecule has 290 valence electrons. The van der Waals surface area contributed by atoms with Crippen LogP contribution in [-0.4, -0.2) is 93.3 Å². The summed E-state index contributed by atoms with van der Waals surface area (Å²) in [5.41, 5.74) is 1.98. The number of hydrogen-bond acceptors (Lipinski definition) is 9. The minimum Gasteiger partial charge on any atom is -0.494 e. The Hall–Kier alpha value is -5.60. The van der Waals surface area contributed by atoms with Gasteiger partial charge in [0, 0.05) is 37.1 Å². The molecular weight excluding hydrogens is 692 g/mol. The van der Waals surface area contributed by atoms with Crippen LogP contribution in [-0.2, 0) is 30.5 Å². The molecule has 3 aromatic rings. The molecule has 0 unspecified atom stereocenters. The Morgan fingerprint density at radius 3 is 2.33 bits per heavy atom. The second-order valence-corrected chi connectivity index (χ2v) is 13.9. The normalized spacial score (nSPS) is 19.3. The zero-order valence-electron chi connectivity index (χ0n) is 31.9. The van der Waals surface area contributed by atoms with Crippen molar-refractivity contribution in [3.63, 3.8) is 0 Å². The number of Topliss-reactive ketones (excluding diaryl/α,β-unsaturated/α-hetero) is 1. The molecule has 15 heteroatoms. The Morgan fingerprint density at radius 1 is 0.907 bits per heavy atom. The molecule has 4 rings (SSSR count). The Labute approximate surface area is 316 Å². The van der Waals surface area contributed by atoms with E-state index in [2.05, 4.69) is 31.3 Å². The molecule has 1 aliphatic rings.